The average molecular weight is 431 g/mol. The molecule has 0 bridgehead atoms. The van der Waals surface area contributed by atoms with Crippen molar-refractivity contribution in [3.63, 3.8) is 0 Å². The van der Waals surface area contributed by atoms with E-state index in [2.05, 4.69) is 5.32 Å². The molecule has 0 aliphatic heterocycles. The molecule has 0 aromatic heterocycles. The highest BCUT2D eigenvalue weighted by molar-refractivity contribution is 5.96. The van der Waals surface area contributed by atoms with E-state index < -0.39 is 23.2 Å². The van der Waals surface area contributed by atoms with Crippen LogP contribution in [0.2, 0.25) is 0 Å². The summed E-state index contributed by atoms with van der Waals surface area (Å²) >= 11 is 0. The molecule has 10 heteroatoms. The number of carbonyl (C=O) groups is 2. The molecule has 0 aliphatic carbocycles. The fourth-order valence-electron chi connectivity index (χ4n) is 3.22. The van der Waals surface area contributed by atoms with Crippen molar-refractivity contribution in [1.82, 2.24) is 0 Å². The van der Waals surface area contributed by atoms with Gasteiger partial charge in [0.05, 0.1) is 13.7 Å². The van der Waals surface area contributed by atoms with Crippen LogP contribution in [0.1, 0.15) is 23.6 Å². The van der Waals surface area contributed by atoms with E-state index in [1.165, 1.54) is 25.3 Å². The third-order valence-corrected chi connectivity index (χ3v) is 4.71. The Bertz CT molecular complexity index is 998. The first kappa shape index (κ1) is 23.6. The van der Waals surface area contributed by atoms with Crippen molar-refractivity contribution in [1.29, 1.82) is 5.41 Å². The Labute approximate surface area is 179 Å². The zero-order chi connectivity index (χ0) is 23.2. The number of anilines is 1. The van der Waals surface area contributed by atoms with Crippen LogP contribution in [0.5, 0.6) is 5.75 Å². The first-order valence-electron chi connectivity index (χ1n) is 9.42. The molecule has 2 amide bonds. The highest BCUT2D eigenvalue weighted by Gasteiger charge is 2.42. The predicted octanol–water partition coefficient (Wildman–Crippen LogP) is 0.975. The molecule has 31 heavy (non-hydrogen) atoms. The Morgan fingerprint density at radius 3 is 2.39 bits per heavy atom. The summed E-state index contributed by atoms with van der Waals surface area (Å²) in [5.41, 5.74) is 15.8. The lowest BCUT2D eigenvalue weighted by Crippen LogP contribution is -2.46. The zero-order valence-electron chi connectivity index (χ0n) is 17.3. The van der Waals surface area contributed by atoms with Crippen molar-refractivity contribution in [3.05, 3.63) is 58.9 Å². The predicted molar refractivity (Wildman–Crippen MR) is 114 cm³/mol. The van der Waals surface area contributed by atoms with Gasteiger partial charge < -0.3 is 32.0 Å². The fourth-order valence-corrected chi connectivity index (χ4v) is 3.22. The molecule has 0 radical (unpaired) electrons. The normalized spacial score (nSPS) is 12.6. The standard InChI is InChI=1S/C21H26FN5O4/c1-3-31-21(20(26)29,15-7-6-14(30-2)9-16(15)22)10-13-5-4-12(19(24)25)8-17(13)27-11-18(23)28/h4-9,27H,3,10-11H2,1-2H3,(H2,23,28)(H3,24,25)(H2,26,29). The number of amidine groups is 1. The Kier molecular flexibility index (Phi) is 7.54. The van der Waals surface area contributed by atoms with Crippen LogP contribution >= 0.6 is 0 Å². The lowest BCUT2D eigenvalue weighted by atomic mass is 9.84. The summed E-state index contributed by atoms with van der Waals surface area (Å²) in [6.45, 7) is 1.53. The summed E-state index contributed by atoms with van der Waals surface area (Å²) in [4.78, 5) is 23.9. The van der Waals surface area contributed by atoms with Crippen LogP contribution in [-0.4, -0.2) is 37.9 Å². The van der Waals surface area contributed by atoms with Crippen molar-refractivity contribution in [3.8, 4) is 5.75 Å². The van der Waals surface area contributed by atoms with E-state index in [1.807, 2.05) is 0 Å². The van der Waals surface area contributed by atoms with Crippen molar-refractivity contribution >= 4 is 23.3 Å². The van der Waals surface area contributed by atoms with Gasteiger partial charge in [0.2, 0.25) is 5.91 Å². The molecular formula is C21H26FN5O4. The number of nitrogens with one attached hydrogen (secondary N) is 2. The van der Waals surface area contributed by atoms with Crippen LogP contribution in [0.4, 0.5) is 10.1 Å². The first-order valence-corrected chi connectivity index (χ1v) is 9.42. The molecule has 0 saturated carbocycles. The summed E-state index contributed by atoms with van der Waals surface area (Å²) in [5.74, 6) is -2.16. The van der Waals surface area contributed by atoms with Crippen molar-refractivity contribution < 1.29 is 23.5 Å². The SMILES string of the molecule is CCOC(Cc1ccc(C(=N)N)cc1NCC(N)=O)(C(N)=O)c1ccc(OC)cc1F. The summed E-state index contributed by atoms with van der Waals surface area (Å²) < 4.78 is 25.7. The van der Waals surface area contributed by atoms with Gasteiger partial charge in [0.15, 0.2) is 5.60 Å². The van der Waals surface area contributed by atoms with Gasteiger partial charge in [0.25, 0.3) is 5.91 Å². The second-order valence-corrected chi connectivity index (χ2v) is 6.75. The molecule has 1 unspecified atom stereocenters. The number of carbonyl (C=O) groups excluding carboxylic acids is 2. The molecule has 0 fully saturated rings. The number of nitrogen functional groups attached to an aromatic ring is 1. The van der Waals surface area contributed by atoms with E-state index >= 15 is 0 Å². The van der Waals surface area contributed by atoms with E-state index in [0.29, 0.717) is 16.8 Å². The molecule has 166 valence electrons. The Morgan fingerprint density at radius 1 is 1.16 bits per heavy atom. The second-order valence-electron chi connectivity index (χ2n) is 6.75. The topological polar surface area (TPSA) is 167 Å². The number of methoxy groups -OCH3 is 1. The number of hydrogen-bond donors (Lipinski definition) is 5. The summed E-state index contributed by atoms with van der Waals surface area (Å²) in [7, 11) is 1.39. The number of rotatable bonds is 11. The average Bonchev–Trinajstić information content (AvgIpc) is 2.72. The number of halogens is 1. The zero-order valence-corrected chi connectivity index (χ0v) is 17.3. The van der Waals surface area contributed by atoms with E-state index in [9.17, 15) is 14.0 Å². The maximum absolute atomic E-state index is 15.0. The van der Waals surface area contributed by atoms with Crippen molar-refractivity contribution in [2.75, 3.05) is 25.6 Å². The van der Waals surface area contributed by atoms with E-state index in [0.717, 1.165) is 6.07 Å². The van der Waals surface area contributed by atoms with Gasteiger partial charge in [-0.2, -0.15) is 0 Å². The second kappa shape index (κ2) is 9.90. The van der Waals surface area contributed by atoms with Gasteiger partial charge in [0, 0.05) is 35.9 Å². The van der Waals surface area contributed by atoms with Gasteiger partial charge in [-0.3, -0.25) is 15.0 Å². The van der Waals surface area contributed by atoms with Gasteiger partial charge in [0.1, 0.15) is 17.4 Å². The van der Waals surface area contributed by atoms with E-state index in [-0.39, 0.29) is 36.7 Å². The van der Waals surface area contributed by atoms with Crippen LogP contribution in [0.25, 0.3) is 0 Å². The number of nitrogens with two attached hydrogens (primary N) is 3. The summed E-state index contributed by atoms with van der Waals surface area (Å²) in [5, 5.41) is 10.5. The lowest BCUT2D eigenvalue weighted by Gasteiger charge is -2.32. The molecule has 0 spiro atoms. The summed E-state index contributed by atoms with van der Waals surface area (Å²) in [6.07, 6.45) is -0.154. The maximum atomic E-state index is 15.0. The molecule has 0 heterocycles. The number of benzene rings is 2. The minimum absolute atomic E-state index is 0.0563. The van der Waals surface area contributed by atoms with Crippen molar-refractivity contribution in [2.24, 2.45) is 17.2 Å². The third kappa shape index (κ3) is 5.28. The van der Waals surface area contributed by atoms with Gasteiger partial charge in [-0.05, 0) is 30.7 Å². The van der Waals surface area contributed by atoms with E-state index in [1.54, 1.807) is 19.1 Å². The highest BCUT2D eigenvalue weighted by Crippen LogP contribution is 2.35. The molecule has 2 aromatic carbocycles. The molecule has 0 saturated heterocycles. The van der Waals surface area contributed by atoms with Crippen LogP contribution in [-0.2, 0) is 26.3 Å². The minimum atomic E-state index is -1.84. The Hall–Kier alpha value is -3.66. The number of ether oxygens (including phenoxy) is 2. The number of hydrogen-bond acceptors (Lipinski definition) is 6. The van der Waals surface area contributed by atoms with Gasteiger partial charge in [-0.1, -0.05) is 12.1 Å². The fraction of sp³-hybridized carbons (Fsp3) is 0.286. The monoisotopic (exact) mass is 431 g/mol. The molecular weight excluding hydrogens is 405 g/mol. The maximum Gasteiger partial charge on any atom is 0.254 e. The largest absolute Gasteiger partial charge is 0.497 e. The van der Waals surface area contributed by atoms with Crippen LogP contribution < -0.4 is 27.3 Å². The summed E-state index contributed by atoms with van der Waals surface area (Å²) in [6, 6.07) is 8.71. The number of primary amides is 2. The molecule has 1 atom stereocenters. The first-order chi connectivity index (χ1) is 14.6. The minimum Gasteiger partial charge on any atom is -0.497 e. The smallest absolute Gasteiger partial charge is 0.254 e. The molecule has 2 rings (SSSR count). The highest BCUT2D eigenvalue weighted by atomic mass is 19.1. The quantitative estimate of drug-likeness (QED) is 0.263. The molecule has 0 aliphatic rings. The number of amides is 2. The third-order valence-electron chi connectivity index (χ3n) is 4.71. The van der Waals surface area contributed by atoms with Crippen LogP contribution in [0.15, 0.2) is 36.4 Å². The van der Waals surface area contributed by atoms with Crippen molar-refractivity contribution in [2.45, 2.75) is 18.9 Å². The Balaban J connectivity index is 2.63. The molecule has 9 nitrogen and oxygen atoms in total. The van der Waals surface area contributed by atoms with E-state index in [4.69, 9.17) is 32.1 Å². The van der Waals surface area contributed by atoms with Crippen LogP contribution in [0, 0.1) is 11.2 Å². The van der Waals surface area contributed by atoms with Gasteiger partial charge in [-0.25, -0.2) is 4.39 Å². The molecule has 8 N–H and O–H groups in total. The van der Waals surface area contributed by atoms with Crippen LogP contribution in [0.3, 0.4) is 0 Å². The van der Waals surface area contributed by atoms with Gasteiger partial charge in [-0.15, -0.1) is 0 Å². The molecule has 2 aromatic rings. The Morgan fingerprint density at radius 2 is 1.87 bits per heavy atom. The van der Waals surface area contributed by atoms with Gasteiger partial charge >= 0.3 is 0 Å². The lowest BCUT2D eigenvalue weighted by molar-refractivity contribution is -0.145.